The summed E-state index contributed by atoms with van der Waals surface area (Å²) in [6, 6.07) is 5.59. The van der Waals surface area contributed by atoms with Crippen LogP contribution >= 0.6 is 11.6 Å². The standard InChI is InChI=1S/C11H9ClN4/c12-10-3-1-2-8(15-10)9-6-14-11-7-13-4-5-16(9)11/h1-3,6-7H,4-5H2. The topological polar surface area (TPSA) is 43.1 Å². The van der Waals surface area contributed by atoms with E-state index in [2.05, 4.69) is 19.5 Å². The molecule has 0 spiro atoms. The molecule has 2 aromatic heterocycles. The number of fused-ring (bicyclic) bond motifs is 1. The van der Waals surface area contributed by atoms with Crippen molar-refractivity contribution in [2.24, 2.45) is 4.99 Å². The Balaban J connectivity index is 2.14. The third kappa shape index (κ3) is 1.51. The Morgan fingerprint density at radius 2 is 2.25 bits per heavy atom. The molecule has 0 fully saturated rings. The van der Waals surface area contributed by atoms with Gasteiger partial charge in [-0.3, -0.25) is 4.99 Å². The molecule has 0 saturated carbocycles. The number of aliphatic imine (C=N–C) groups is 1. The van der Waals surface area contributed by atoms with Crippen LogP contribution in [0.1, 0.15) is 5.82 Å². The molecule has 4 nitrogen and oxygen atoms in total. The third-order valence-corrected chi connectivity index (χ3v) is 2.73. The fourth-order valence-electron chi connectivity index (χ4n) is 1.79. The van der Waals surface area contributed by atoms with Gasteiger partial charge in [0.05, 0.1) is 30.3 Å². The number of imidazole rings is 1. The minimum atomic E-state index is 0.498. The van der Waals surface area contributed by atoms with Gasteiger partial charge in [0, 0.05) is 6.54 Å². The van der Waals surface area contributed by atoms with Crippen LogP contribution in [0, 0.1) is 0 Å². The highest BCUT2D eigenvalue weighted by atomic mass is 35.5. The molecule has 0 aliphatic carbocycles. The van der Waals surface area contributed by atoms with Gasteiger partial charge in [0.15, 0.2) is 5.82 Å². The highest BCUT2D eigenvalue weighted by Gasteiger charge is 2.13. The van der Waals surface area contributed by atoms with E-state index >= 15 is 0 Å². The van der Waals surface area contributed by atoms with Crippen LogP contribution in [0.3, 0.4) is 0 Å². The van der Waals surface area contributed by atoms with Crippen LogP contribution in [-0.4, -0.2) is 27.3 Å². The largest absolute Gasteiger partial charge is 0.320 e. The number of aromatic nitrogens is 3. The lowest BCUT2D eigenvalue weighted by Gasteiger charge is -2.11. The van der Waals surface area contributed by atoms with Crippen molar-refractivity contribution in [3.05, 3.63) is 35.4 Å². The van der Waals surface area contributed by atoms with Crippen molar-refractivity contribution in [2.45, 2.75) is 6.54 Å². The van der Waals surface area contributed by atoms with E-state index in [1.165, 1.54) is 0 Å². The fourth-order valence-corrected chi connectivity index (χ4v) is 1.95. The highest BCUT2D eigenvalue weighted by Crippen LogP contribution is 2.21. The highest BCUT2D eigenvalue weighted by molar-refractivity contribution is 6.29. The summed E-state index contributed by atoms with van der Waals surface area (Å²) >= 11 is 5.88. The maximum atomic E-state index is 5.88. The van der Waals surface area contributed by atoms with E-state index < -0.39 is 0 Å². The maximum absolute atomic E-state index is 5.88. The Hall–Kier alpha value is -1.68. The zero-order valence-corrected chi connectivity index (χ0v) is 9.22. The van der Waals surface area contributed by atoms with Crippen molar-refractivity contribution in [3.63, 3.8) is 0 Å². The first-order valence-corrected chi connectivity index (χ1v) is 5.41. The van der Waals surface area contributed by atoms with Crippen LogP contribution in [0.4, 0.5) is 0 Å². The minimum Gasteiger partial charge on any atom is -0.320 e. The second kappa shape index (κ2) is 3.72. The van der Waals surface area contributed by atoms with E-state index in [-0.39, 0.29) is 0 Å². The van der Waals surface area contributed by atoms with Crippen molar-refractivity contribution < 1.29 is 0 Å². The molecule has 0 N–H and O–H groups in total. The van der Waals surface area contributed by atoms with Crippen molar-refractivity contribution in [1.82, 2.24) is 14.5 Å². The Kier molecular flexibility index (Phi) is 2.22. The summed E-state index contributed by atoms with van der Waals surface area (Å²) in [6.07, 6.45) is 3.60. The summed E-state index contributed by atoms with van der Waals surface area (Å²) in [5.41, 5.74) is 1.84. The summed E-state index contributed by atoms with van der Waals surface area (Å²) in [5, 5.41) is 0.498. The van der Waals surface area contributed by atoms with E-state index in [4.69, 9.17) is 11.6 Å². The molecule has 0 amide bonds. The maximum Gasteiger partial charge on any atom is 0.151 e. The zero-order valence-electron chi connectivity index (χ0n) is 8.47. The molecule has 0 radical (unpaired) electrons. The molecule has 5 heteroatoms. The molecule has 0 aromatic carbocycles. The number of halogens is 1. The predicted octanol–water partition coefficient (Wildman–Crippen LogP) is 2.03. The number of hydrogen-bond donors (Lipinski definition) is 0. The Bertz CT molecular complexity index is 559. The quantitative estimate of drug-likeness (QED) is 0.706. The van der Waals surface area contributed by atoms with Crippen molar-refractivity contribution in [3.8, 4) is 11.4 Å². The summed E-state index contributed by atoms with van der Waals surface area (Å²) < 4.78 is 2.10. The van der Waals surface area contributed by atoms with Crippen LogP contribution in [-0.2, 0) is 6.54 Å². The summed E-state index contributed by atoms with van der Waals surface area (Å²) in [5.74, 6) is 0.878. The van der Waals surface area contributed by atoms with Crippen molar-refractivity contribution in [2.75, 3.05) is 6.54 Å². The molecule has 0 atom stereocenters. The molecule has 0 unspecified atom stereocenters. The molecule has 2 aromatic rings. The van der Waals surface area contributed by atoms with E-state index in [0.717, 1.165) is 30.3 Å². The predicted molar refractivity (Wildman–Crippen MR) is 62.9 cm³/mol. The Labute approximate surface area is 97.6 Å². The van der Waals surface area contributed by atoms with Gasteiger partial charge < -0.3 is 4.57 Å². The van der Waals surface area contributed by atoms with Crippen LogP contribution in [0.2, 0.25) is 5.15 Å². The lowest BCUT2D eigenvalue weighted by Crippen LogP contribution is -2.12. The van der Waals surface area contributed by atoms with E-state index in [9.17, 15) is 0 Å². The van der Waals surface area contributed by atoms with Gasteiger partial charge in [-0.1, -0.05) is 17.7 Å². The Morgan fingerprint density at radius 1 is 1.31 bits per heavy atom. The summed E-state index contributed by atoms with van der Waals surface area (Å²) in [4.78, 5) is 12.8. The molecule has 3 rings (SSSR count). The SMILES string of the molecule is Clc1cccc(-c2cnc3n2CCN=C3)n1. The van der Waals surface area contributed by atoms with Gasteiger partial charge in [0.2, 0.25) is 0 Å². The molecule has 3 heterocycles. The summed E-state index contributed by atoms with van der Waals surface area (Å²) in [7, 11) is 0. The second-order valence-electron chi connectivity index (χ2n) is 3.53. The average Bonchev–Trinajstić information content (AvgIpc) is 2.72. The lowest BCUT2D eigenvalue weighted by molar-refractivity contribution is 0.692. The average molecular weight is 233 g/mol. The van der Waals surface area contributed by atoms with Crippen LogP contribution < -0.4 is 0 Å². The van der Waals surface area contributed by atoms with E-state index in [0.29, 0.717) is 5.15 Å². The van der Waals surface area contributed by atoms with Crippen LogP contribution in [0.5, 0.6) is 0 Å². The third-order valence-electron chi connectivity index (χ3n) is 2.52. The van der Waals surface area contributed by atoms with Gasteiger partial charge in [-0.05, 0) is 12.1 Å². The smallest absolute Gasteiger partial charge is 0.151 e. The normalized spacial score (nSPS) is 13.8. The van der Waals surface area contributed by atoms with Crippen molar-refractivity contribution in [1.29, 1.82) is 0 Å². The molecule has 80 valence electrons. The number of nitrogens with zero attached hydrogens (tertiary/aromatic N) is 4. The monoisotopic (exact) mass is 232 g/mol. The molecular formula is C11H9ClN4. The fraction of sp³-hybridized carbons (Fsp3) is 0.182. The lowest BCUT2D eigenvalue weighted by atomic mass is 10.3. The first-order chi connectivity index (χ1) is 7.84. The first kappa shape index (κ1) is 9.54. The molecule has 1 aliphatic rings. The van der Waals surface area contributed by atoms with Gasteiger partial charge in [-0.25, -0.2) is 9.97 Å². The molecule has 16 heavy (non-hydrogen) atoms. The molecular weight excluding hydrogens is 224 g/mol. The zero-order chi connectivity index (χ0) is 11.0. The van der Waals surface area contributed by atoms with Crippen LogP contribution in [0.25, 0.3) is 11.4 Å². The van der Waals surface area contributed by atoms with E-state index in [1.807, 2.05) is 18.3 Å². The van der Waals surface area contributed by atoms with Gasteiger partial charge >= 0.3 is 0 Å². The number of rotatable bonds is 1. The van der Waals surface area contributed by atoms with Gasteiger partial charge in [0.1, 0.15) is 5.15 Å². The first-order valence-electron chi connectivity index (χ1n) is 5.03. The van der Waals surface area contributed by atoms with Gasteiger partial charge in [-0.2, -0.15) is 0 Å². The molecule has 1 aliphatic heterocycles. The Morgan fingerprint density at radius 3 is 3.12 bits per heavy atom. The number of pyridine rings is 1. The molecule has 0 saturated heterocycles. The number of hydrogen-bond acceptors (Lipinski definition) is 3. The minimum absolute atomic E-state index is 0.498. The second-order valence-corrected chi connectivity index (χ2v) is 3.92. The van der Waals surface area contributed by atoms with Crippen LogP contribution in [0.15, 0.2) is 29.4 Å². The van der Waals surface area contributed by atoms with Gasteiger partial charge in [-0.15, -0.1) is 0 Å². The summed E-state index contributed by atoms with van der Waals surface area (Å²) in [6.45, 7) is 1.63. The molecule has 0 bridgehead atoms. The van der Waals surface area contributed by atoms with Gasteiger partial charge in [0.25, 0.3) is 0 Å². The van der Waals surface area contributed by atoms with Crippen molar-refractivity contribution >= 4 is 17.8 Å². The van der Waals surface area contributed by atoms with E-state index in [1.54, 1.807) is 12.3 Å².